The lowest BCUT2D eigenvalue weighted by atomic mass is 10.2. The number of nitrogens with one attached hydrogen (secondary N) is 1. The number of aromatic nitrogens is 4. The van der Waals surface area contributed by atoms with Gasteiger partial charge in [-0.3, -0.25) is 14.4 Å². The summed E-state index contributed by atoms with van der Waals surface area (Å²) in [4.78, 5) is 37.6. The van der Waals surface area contributed by atoms with Gasteiger partial charge >= 0.3 is 0 Å². The van der Waals surface area contributed by atoms with Crippen molar-refractivity contribution in [2.75, 3.05) is 6.54 Å². The second-order valence-corrected chi connectivity index (χ2v) is 7.66. The van der Waals surface area contributed by atoms with Crippen LogP contribution in [0.15, 0.2) is 81.7 Å². The zero-order valence-electron chi connectivity index (χ0n) is 16.5. The van der Waals surface area contributed by atoms with Gasteiger partial charge in [0.25, 0.3) is 17.0 Å². The lowest BCUT2D eigenvalue weighted by Crippen LogP contribution is -2.34. The molecule has 1 aromatic carbocycles. The van der Waals surface area contributed by atoms with Crippen molar-refractivity contribution in [1.82, 2.24) is 24.9 Å². The minimum atomic E-state index is -0.427. The minimum Gasteiger partial charge on any atom is -0.349 e. The minimum absolute atomic E-state index is 0.128. The van der Waals surface area contributed by atoms with Crippen molar-refractivity contribution in [3.8, 4) is 10.6 Å². The molecule has 3 aromatic heterocycles. The normalized spacial score (nSPS) is 10.7. The highest BCUT2D eigenvalue weighted by Crippen LogP contribution is 2.20. The molecule has 4 aromatic rings. The Balaban J connectivity index is 1.41. The van der Waals surface area contributed by atoms with Gasteiger partial charge in [-0.1, -0.05) is 36.4 Å². The molecule has 9 heteroatoms. The molecule has 0 spiro atoms. The second kappa shape index (κ2) is 9.31. The second-order valence-electron chi connectivity index (χ2n) is 6.71. The van der Waals surface area contributed by atoms with Crippen molar-refractivity contribution in [1.29, 1.82) is 0 Å². The molecule has 156 valence electrons. The van der Waals surface area contributed by atoms with E-state index in [2.05, 4.69) is 15.5 Å². The largest absolute Gasteiger partial charge is 0.349 e. The highest BCUT2D eigenvalue weighted by molar-refractivity contribution is 7.13. The van der Waals surface area contributed by atoms with E-state index in [-0.39, 0.29) is 36.4 Å². The highest BCUT2D eigenvalue weighted by atomic mass is 32.1. The third-order valence-electron chi connectivity index (χ3n) is 4.52. The predicted octanol–water partition coefficient (Wildman–Crippen LogP) is 2.01. The first-order valence-electron chi connectivity index (χ1n) is 9.62. The molecule has 0 aliphatic carbocycles. The molecular weight excluding hydrogens is 414 g/mol. The summed E-state index contributed by atoms with van der Waals surface area (Å²) in [7, 11) is 0. The molecule has 0 atom stereocenters. The van der Waals surface area contributed by atoms with Crippen LogP contribution in [0.3, 0.4) is 0 Å². The molecule has 31 heavy (non-hydrogen) atoms. The van der Waals surface area contributed by atoms with E-state index in [0.29, 0.717) is 5.69 Å². The van der Waals surface area contributed by atoms with E-state index in [1.165, 1.54) is 38.9 Å². The van der Waals surface area contributed by atoms with Crippen LogP contribution in [0.2, 0.25) is 0 Å². The van der Waals surface area contributed by atoms with Crippen LogP contribution in [0.5, 0.6) is 0 Å². The van der Waals surface area contributed by atoms with E-state index >= 15 is 0 Å². The number of thiophene rings is 1. The topological polar surface area (TPSA) is 98.9 Å². The fraction of sp³-hybridized carbons (Fsp3) is 0.136. The summed E-state index contributed by atoms with van der Waals surface area (Å²) in [6, 6.07) is 19.1. The molecule has 1 N–H and O–H groups in total. The van der Waals surface area contributed by atoms with Crippen molar-refractivity contribution in [3.63, 3.8) is 0 Å². The lowest BCUT2D eigenvalue weighted by molar-refractivity contribution is 0.0944. The van der Waals surface area contributed by atoms with Gasteiger partial charge in [-0.15, -0.1) is 11.3 Å². The molecule has 1 amide bonds. The van der Waals surface area contributed by atoms with Gasteiger partial charge in [0.15, 0.2) is 0 Å². The van der Waals surface area contributed by atoms with Gasteiger partial charge in [0.2, 0.25) is 0 Å². The average molecular weight is 433 g/mol. The van der Waals surface area contributed by atoms with E-state index in [9.17, 15) is 14.4 Å². The maximum Gasteiger partial charge on any atom is 0.271 e. The zero-order chi connectivity index (χ0) is 21.6. The maximum absolute atomic E-state index is 12.5. The summed E-state index contributed by atoms with van der Waals surface area (Å²) in [6.07, 6.45) is 0. The number of hydrogen-bond acceptors (Lipinski definition) is 6. The standard InChI is InChI=1S/C22H19N5O3S/c28-20-10-8-17(19-7-4-14-31-19)24-26(20)13-12-23-22(30)18-9-11-21(29)27(25-18)15-16-5-2-1-3-6-16/h1-11,14H,12-13,15H2,(H,23,30). The van der Waals surface area contributed by atoms with E-state index in [1.807, 2.05) is 47.8 Å². The van der Waals surface area contributed by atoms with Crippen LogP contribution in [-0.2, 0) is 13.1 Å². The Bertz CT molecular complexity index is 1300. The van der Waals surface area contributed by atoms with Crippen LogP contribution >= 0.6 is 11.3 Å². The third-order valence-corrected chi connectivity index (χ3v) is 5.42. The van der Waals surface area contributed by atoms with Gasteiger partial charge in [-0.05, 0) is 29.1 Å². The van der Waals surface area contributed by atoms with Gasteiger partial charge in [0.05, 0.1) is 18.0 Å². The summed E-state index contributed by atoms with van der Waals surface area (Å²) in [5.41, 5.74) is 1.20. The maximum atomic E-state index is 12.5. The summed E-state index contributed by atoms with van der Waals surface area (Å²) >= 11 is 1.54. The van der Waals surface area contributed by atoms with E-state index in [0.717, 1.165) is 10.4 Å². The smallest absolute Gasteiger partial charge is 0.271 e. The fourth-order valence-electron chi connectivity index (χ4n) is 2.97. The lowest BCUT2D eigenvalue weighted by Gasteiger charge is -2.09. The summed E-state index contributed by atoms with van der Waals surface area (Å²) < 4.78 is 2.57. The van der Waals surface area contributed by atoms with Crippen molar-refractivity contribution in [3.05, 3.63) is 104 Å². The van der Waals surface area contributed by atoms with Crippen molar-refractivity contribution >= 4 is 17.2 Å². The molecule has 0 saturated carbocycles. The average Bonchev–Trinajstić information content (AvgIpc) is 3.32. The predicted molar refractivity (Wildman–Crippen MR) is 118 cm³/mol. The molecule has 0 radical (unpaired) electrons. The van der Waals surface area contributed by atoms with Crippen LogP contribution in [0.25, 0.3) is 10.6 Å². The molecule has 3 heterocycles. The number of benzene rings is 1. The van der Waals surface area contributed by atoms with E-state index < -0.39 is 5.91 Å². The molecule has 0 saturated heterocycles. The molecule has 0 unspecified atom stereocenters. The van der Waals surface area contributed by atoms with Gasteiger partial charge in [0, 0.05) is 18.7 Å². The Kier molecular flexibility index (Phi) is 6.13. The Labute approximate surface area is 181 Å². The number of amides is 1. The number of carbonyl (C=O) groups is 1. The van der Waals surface area contributed by atoms with Crippen LogP contribution < -0.4 is 16.4 Å². The van der Waals surface area contributed by atoms with Crippen molar-refractivity contribution in [2.24, 2.45) is 0 Å². The van der Waals surface area contributed by atoms with Gasteiger partial charge in [0.1, 0.15) is 11.4 Å². The third kappa shape index (κ3) is 5.01. The van der Waals surface area contributed by atoms with Crippen LogP contribution in [0.1, 0.15) is 16.1 Å². The summed E-state index contributed by atoms with van der Waals surface area (Å²) in [6.45, 7) is 0.683. The molecule has 4 rings (SSSR count). The quantitative estimate of drug-likeness (QED) is 0.481. The first-order valence-corrected chi connectivity index (χ1v) is 10.5. The van der Waals surface area contributed by atoms with Gasteiger partial charge in [-0.2, -0.15) is 10.2 Å². The first kappa shape index (κ1) is 20.4. The number of hydrogen-bond donors (Lipinski definition) is 1. The molecule has 0 aliphatic heterocycles. The molecule has 8 nitrogen and oxygen atoms in total. The number of nitrogens with zero attached hydrogens (tertiary/aromatic N) is 4. The fourth-order valence-corrected chi connectivity index (χ4v) is 3.66. The van der Waals surface area contributed by atoms with E-state index in [1.54, 1.807) is 6.07 Å². The zero-order valence-corrected chi connectivity index (χ0v) is 17.3. The van der Waals surface area contributed by atoms with Crippen molar-refractivity contribution < 1.29 is 4.79 Å². The molecular formula is C22H19N5O3S. The molecule has 0 aliphatic rings. The Hall–Kier alpha value is -3.85. The van der Waals surface area contributed by atoms with Crippen molar-refractivity contribution in [2.45, 2.75) is 13.1 Å². The summed E-state index contributed by atoms with van der Waals surface area (Å²) in [5, 5.41) is 13.2. The molecule has 0 bridgehead atoms. The van der Waals surface area contributed by atoms with Gasteiger partial charge < -0.3 is 5.32 Å². The van der Waals surface area contributed by atoms with Crippen LogP contribution in [0, 0.1) is 0 Å². The van der Waals surface area contributed by atoms with Crippen LogP contribution in [-0.4, -0.2) is 32.0 Å². The number of carbonyl (C=O) groups excluding carboxylic acids is 1. The Morgan fingerprint density at radius 3 is 2.42 bits per heavy atom. The van der Waals surface area contributed by atoms with E-state index in [4.69, 9.17) is 0 Å². The first-order chi connectivity index (χ1) is 15.1. The Morgan fingerprint density at radius 2 is 1.65 bits per heavy atom. The van der Waals surface area contributed by atoms with Gasteiger partial charge in [-0.25, -0.2) is 9.36 Å². The highest BCUT2D eigenvalue weighted by Gasteiger charge is 2.10. The Morgan fingerprint density at radius 1 is 0.871 bits per heavy atom. The monoisotopic (exact) mass is 433 g/mol. The SMILES string of the molecule is O=C(NCCn1nc(-c2cccs2)ccc1=O)c1ccc(=O)n(Cc2ccccc2)n1. The summed E-state index contributed by atoms with van der Waals surface area (Å²) in [5.74, 6) is -0.427. The number of rotatable bonds is 7. The molecule has 0 fully saturated rings. The van der Waals surface area contributed by atoms with Crippen LogP contribution in [0.4, 0.5) is 0 Å².